The van der Waals surface area contributed by atoms with Crippen molar-refractivity contribution in [2.75, 3.05) is 11.3 Å². The molecule has 0 bridgehead atoms. The minimum absolute atomic E-state index is 0.0847. The monoisotopic (exact) mass is 252 g/mol. The average Bonchev–Trinajstić information content (AvgIpc) is 2.47. The molecule has 1 heterocycles. The largest absolute Gasteiger partial charge is 0.367 e. The third kappa shape index (κ3) is 4.96. The molecule has 8 heteroatoms. The van der Waals surface area contributed by atoms with Gasteiger partial charge in [-0.3, -0.25) is 0 Å². The maximum atomic E-state index is 11.2. The highest BCUT2D eigenvalue weighted by Crippen LogP contribution is 1.98. The minimum Gasteiger partial charge on any atom is -0.367 e. The third-order valence-electron chi connectivity index (χ3n) is 1.53. The van der Waals surface area contributed by atoms with Gasteiger partial charge in [0, 0.05) is 25.2 Å². The van der Waals surface area contributed by atoms with E-state index in [0.29, 0.717) is 0 Å². The number of aromatic nitrogens is 1. The van der Waals surface area contributed by atoms with Crippen molar-refractivity contribution in [2.24, 2.45) is 0 Å². The van der Waals surface area contributed by atoms with Gasteiger partial charge >= 0.3 is 0 Å². The predicted molar refractivity (Wildman–Crippen MR) is 56.3 cm³/mol. The van der Waals surface area contributed by atoms with E-state index in [-0.39, 0.29) is 6.54 Å². The molecule has 1 rings (SSSR count). The van der Waals surface area contributed by atoms with Crippen LogP contribution in [-0.2, 0) is 26.4 Å². The average molecular weight is 252 g/mol. The van der Waals surface area contributed by atoms with E-state index in [9.17, 15) is 16.8 Å². The van der Waals surface area contributed by atoms with Crippen LogP contribution in [0.1, 0.15) is 5.56 Å². The molecular weight excluding hydrogens is 240 g/mol. The van der Waals surface area contributed by atoms with Crippen LogP contribution in [0.5, 0.6) is 0 Å². The van der Waals surface area contributed by atoms with Gasteiger partial charge in [-0.1, -0.05) is 0 Å². The lowest BCUT2D eigenvalue weighted by atomic mass is 10.4. The summed E-state index contributed by atoms with van der Waals surface area (Å²) in [6.45, 7) is 0.0847. The lowest BCUT2D eigenvalue weighted by Gasteiger charge is -2.03. The van der Waals surface area contributed by atoms with Crippen molar-refractivity contribution >= 4 is 19.9 Å². The molecule has 0 aliphatic rings. The molecule has 0 spiro atoms. The van der Waals surface area contributed by atoms with Gasteiger partial charge in [-0.2, -0.15) is 0 Å². The fourth-order valence-electron chi connectivity index (χ4n) is 0.985. The molecule has 0 aromatic carbocycles. The Bertz CT molecular complexity index is 501. The lowest BCUT2D eigenvalue weighted by Crippen LogP contribution is -2.29. The number of H-pyrrole nitrogens is 1. The number of hydrogen-bond acceptors (Lipinski definition) is 4. The Hall–Kier alpha value is -0.860. The summed E-state index contributed by atoms with van der Waals surface area (Å²) in [7, 11) is -7.30. The quantitative estimate of drug-likeness (QED) is 0.734. The standard InChI is InChI=1S/C7H12N2O4S2/c1-14(10,11)6-15(12,13)9-5-7-2-3-8-4-7/h2-4,8-9H,5-6H2,1H3. The molecular formula is C7H12N2O4S2. The van der Waals surface area contributed by atoms with Crippen LogP contribution >= 0.6 is 0 Å². The molecule has 0 atom stereocenters. The molecule has 0 aliphatic carbocycles. The summed E-state index contributed by atoms with van der Waals surface area (Å²) < 4.78 is 46.2. The number of sulfone groups is 1. The van der Waals surface area contributed by atoms with Crippen molar-refractivity contribution < 1.29 is 16.8 Å². The molecule has 2 N–H and O–H groups in total. The number of rotatable bonds is 5. The van der Waals surface area contributed by atoms with Gasteiger partial charge in [0.15, 0.2) is 14.9 Å². The summed E-state index contributed by atoms with van der Waals surface area (Å²) in [5.41, 5.74) is 0.743. The minimum atomic E-state index is -3.77. The fraction of sp³-hybridized carbons (Fsp3) is 0.429. The van der Waals surface area contributed by atoms with Gasteiger partial charge in [-0.25, -0.2) is 21.6 Å². The second-order valence-electron chi connectivity index (χ2n) is 3.20. The molecule has 0 amide bonds. The van der Waals surface area contributed by atoms with Crippen LogP contribution in [0, 0.1) is 0 Å². The highest BCUT2D eigenvalue weighted by atomic mass is 32.3. The topological polar surface area (TPSA) is 96.1 Å². The number of nitrogens with one attached hydrogen (secondary N) is 2. The molecule has 0 saturated carbocycles. The predicted octanol–water partition coefficient (Wildman–Crippen LogP) is -0.564. The van der Waals surface area contributed by atoms with E-state index < -0.39 is 24.9 Å². The fourth-order valence-corrected chi connectivity index (χ4v) is 3.96. The van der Waals surface area contributed by atoms with Gasteiger partial charge < -0.3 is 4.98 Å². The van der Waals surface area contributed by atoms with Crippen LogP contribution in [0.15, 0.2) is 18.5 Å². The van der Waals surface area contributed by atoms with Crippen molar-refractivity contribution in [3.05, 3.63) is 24.0 Å². The summed E-state index contributed by atoms with van der Waals surface area (Å²) in [5, 5.41) is -0.885. The van der Waals surface area contributed by atoms with E-state index in [4.69, 9.17) is 0 Å². The van der Waals surface area contributed by atoms with Crippen molar-refractivity contribution in [3.8, 4) is 0 Å². The molecule has 0 radical (unpaired) electrons. The Morgan fingerprint density at radius 3 is 2.47 bits per heavy atom. The molecule has 0 aliphatic heterocycles. The van der Waals surface area contributed by atoms with Crippen LogP contribution in [0.4, 0.5) is 0 Å². The van der Waals surface area contributed by atoms with Crippen LogP contribution in [0.3, 0.4) is 0 Å². The maximum Gasteiger partial charge on any atom is 0.226 e. The molecule has 0 fully saturated rings. The molecule has 15 heavy (non-hydrogen) atoms. The normalized spacial score (nSPS) is 12.9. The Morgan fingerprint density at radius 2 is 2.00 bits per heavy atom. The molecule has 86 valence electrons. The zero-order valence-corrected chi connectivity index (χ0v) is 9.73. The van der Waals surface area contributed by atoms with Gasteiger partial charge in [0.25, 0.3) is 0 Å². The second-order valence-corrected chi connectivity index (χ2v) is 7.51. The van der Waals surface area contributed by atoms with E-state index in [1.54, 1.807) is 18.5 Å². The van der Waals surface area contributed by atoms with Crippen LogP contribution in [0.25, 0.3) is 0 Å². The van der Waals surface area contributed by atoms with Crippen molar-refractivity contribution in [2.45, 2.75) is 6.54 Å². The molecule has 1 aromatic heterocycles. The van der Waals surface area contributed by atoms with Crippen LogP contribution in [0.2, 0.25) is 0 Å². The van der Waals surface area contributed by atoms with E-state index in [1.165, 1.54) is 0 Å². The highest BCUT2D eigenvalue weighted by Gasteiger charge is 2.17. The van der Waals surface area contributed by atoms with Crippen molar-refractivity contribution in [1.82, 2.24) is 9.71 Å². The van der Waals surface area contributed by atoms with Gasteiger partial charge in [-0.05, 0) is 11.6 Å². The summed E-state index contributed by atoms with van der Waals surface area (Å²) >= 11 is 0. The van der Waals surface area contributed by atoms with Gasteiger partial charge in [-0.15, -0.1) is 0 Å². The second kappa shape index (κ2) is 4.33. The Morgan fingerprint density at radius 1 is 1.33 bits per heavy atom. The first kappa shape index (κ1) is 12.2. The lowest BCUT2D eigenvalue weighted by molar-refractivity contribution is 0.580. The summed E-state index contributed by atoms with van der Waals surface area (Å²) in [6.07, 6.45) is 4.16. The smallest absolute Gasteiger partial charge is 0.226 e. The zero-order chi connectivity index (χ0) is 11.5. The van der Waals surface area contributed by atoms with E-state index >= 15 is 0 Å². The third-order valence-corrected chi connectivity index (χ3v) is 5.07. The Balaban J connectivity index is 2.59. The number of sulfonamides is 1. The Kier molecular flexibility index (Phi) is 3.53. The molecule has 1 aromatic rings. The summed E-state index contributed by atoms with van der Waals surface area (Å²) in [6, 6.07) is 1.70. The van der Waals surface area contributed by atoms with Crippen LogP contribution < -0.4 is 4.72 Å². The van der Waals surface area contributed by atoms with E-state index in [1.807, 2.05) is 0 Å². The molecule has 0 saturated heterocycles. The first-order valence-electron chi connectivity index (χ1n) is 4.05. The van der Waals surface area contributed by atoms with Crippen LogP contribution in [-0.4, -0.2) is 33.2 Å². The van der Waals surface area contributed by atoms with Crippen molar-refractivity contribution in [1.29, 1.82) is 0 Å². The first-order valence-corrected chi connectivity index (χ1v) is 7.76. The molecule has 6 nitrogen and oxygen atoms in total. The zero-order valence-electron chi connectivity index (χ0n) is 8.10. The van der Waals surface area contributed by atoms with Gasteiger partial charge in [0.2, 0.25) is 10.0 Å². The van der Waals surface area contributed by atoms with Gasteiger partial charge in [0.05, 0.1) is 0 Å². The van der Waals surface area contributed by atoms with Gasteiger partial charge in [0.1, 0.15) is 0 Å². The van der Waals surface area contributed by atoms with E-state index in [2.05, 4.69) is 9.71 Å². The first-order chi connectivity index (χ1) is 6.79. The highest BCUT2D eigenvalue weighted by molar-refractivity contribution is 8.06. The van der Waals surface area contributed by atoms with Crippen molar-refractivity contribution in [3.63, 3.8) is 0 Å². The number of aromatic amines is 1. The maximum absolute atomic E-state index is 11.2. The Labute approximate surface area is 88.7 Å². The number of hydrogen-bond donors (Lipinski definition) is 2. The summed E-state index contributed by atoms with van der Waals surface area (Å²) in [4.78, 5) is 2.76. The summed E-state index contributed by atoms with van der Waals surface area (Å²) in [5.74, 6) is 0. The molecule has 0 unspecified atom stereocenters. The van der Waals surface area contributed by atoms with E-state index in [0.717, 1.165) is 11.8 Å². The SMILES string of the molecule is CS(=O)(=O)CS(=O)(=O)NCc1cc[nH]c1.